The van der Waals surface area contributed by atoms with Crippen molar-refractivity contribution in [1.29, 1.82) is 0 Å². The molecule has 1 amide bonds. The Morgan fingerprint density at radius 3 is 2.34 bits per heavy atom. The Bertz CT molecular complexity index is 834. The topological polar surface area (TPSA) is 60.0 Å². The van der Waals surface area contributed by atoms with E-state index in [1.807, 2.05) is 44.2 Å². The maximum absolute atomic E-state index is 12.3. The van der Waals surface area contributed by atoms with E-state index in [1.54, 1.807) is 14.2 Å². The molecule has 1 N–H and O–H groups in total. The third kappa shape index (κ3) is 5.64. The number of anilines is 1. The fourth-order valence-corrected chi connectivity index (χ4v) is 3.50. The number of nitrogens with one attached hydrogen (secondary N) is 1. The Balaban J connectivity index is 1.51. The second-order valence-corrected chi connectivity index (χ2v) is 7.49. The lowest BCUT2D eigenvalue weighted by atomic mass is 9.98. The number of rotatable bonds is 8. The van der Waals surface area contributed by atoms with Crippen LogP contribution in [0.25, 0.3) is 0 Å². The Labute approximate surface area is 172 Å². The molecule has 1 aliphatic heterocycles. The number of nitrogens with zero attached hydrogens (tertiary/aromatic N) is 1. The minimum absolute atomic E-state index is 0.0145. The highest BCUT2D eigenvalue weighted by atomic mass is 16.5. The largest absolute Gasteiger partial charge is 0.493 e. The summed E-state index contributed by atoms with van der Waals surface area (Å²) in [6, 6.07) is 11.6. The lowest BCUT2D eigenvalue weighted by molar-refractivity contribution is -0.116. The summed E-state index contributed by atoms with van der Waals surface area (Å²) in [7, 11) is 3.31. The van der Waals surface area contributed by atoms with Gasteiger partial charge in [-0.05, 0) is 67.8 Å². The molecule has 3 rings (SSSR count). The number of amides is 1. The number of hydrogen-bond donors (Lipinski definition) is 1. The monoisotopic (exact) mass is 398 g/mol. The minimum atomic E-state index is 0.0145. The van der Waals surface area contributed by atoms with Crippen LogP contribution in [-0.2, 0) is 17.8 Å². The van der Waals surface area contributed by atoms with Gasteiger partial charge < -0.3 is 19.5 Å². The van der Waals surface area contributed by atoms with Crippen LogP contribution in [-0.4, -0.2) is 44.2 Å². The van der Waals surface area contributed by atoms with Crippen molar-refractivity contribution in [3.8, 4) is 17.2 Å². The zero-order valence-corrected chi connectivity index (χ0v) is 17.7. The standard InChI is InChI=1S/C23H30N2O4/c1-16(2)29-20-7-5-19(6-8-20)24-23(26)10-12-25-11-9-17-13-21(27-3)22(28-4)14-18(17)15-25/h5-8,13-14,16H,9-12,15H2,1-4H3,(H,24,26). The molecule has 0 bridgehead atoms. The molecule has 0 fully saturated rings. The van der Waals surface area contributed by atoms with Gasteiger partial charge in [-0.1, -0.05) is 0 Å². The fraction of sp³-hybridized carbons (Fsp3) is 0.435. The normalized spacial score (nSPS) is 13.7. The number of fused-ring (bicyclic) bond motifs is 1. The fourth-order valence-electron chi connectivity index (χ4n) is 3.50. The Kier molecular flexibility index (Phi) is 6.99. The molecule has 0 saturated heterocycles. The number of ether oxygens (including phenoxy) is 3. The van der Waals surface area contributed by atoms with Gasteiger partial charge in [-0.25, -0.2) is 0 Å². The second kappa shape index (κ2) is 9.65. The molecule has 29 heavy (non-hydrogen) atoms. The summed E-state index contributed by atoms with van der Waals surface area (Å²) >= 11 is 0. The van der Waals surface area contributed by atoms with Gasteiger partial charge in [0.2, 0.25) is 5.91 Å². The van der Waals surface area contributed by atoms with Crippen molar-refractivity contribution in [2.24, 2.45) is 0 Å². The zero-order valence-electron chi connectivity index (χ0n) is 17.7. The van der Waals surface area contributed by atoms with Gasteiger partial charge in [0.05, 0.1) is 20.3 Å². The van der Waals surface area contributed by atoms with E-state index in [9.17, 15) is 4.79 Å². The van der Waals surface area contributed by atoms with Gasteiger partial charge in [0.25, 0.3) is 0 Å². The van der Waals surface area contributed by atoms with E-state index in [0.29, 0.717) is 13.0 Å². The summed E-state index contributed by atoms with van der Waals surface area (Å²) in [4.78, 5) is 14.6. The summed E-state index contributed by atoms with van der Waals surface area (Å²) < 4.78 is 16.4. The van der Waals surface area contributed by atoms with Crippen LogP contribution < -0.4 is 19.5 Å². The lowest BCUT2D eigenvalue weighted by Crippen LogP contribution is -2.33. The first-order valence-electron chi connectivity index (χ1n) is 10.0. The smallest absolute Gasteiger partial charge is 0.225 e. The highest BCUT2D eigenvalue weighted by molar-refractivity contribution is 5.90. The Morgan fingerprint density at radius 1 is 1.07 bits per heavy atom. The van der Waals surface area contributed by atoms with Crippen molar-refractivity contribution in [1.82, 2.24) is 4.90 Å². The van der Waals surface area contributed by atoms with Gasteiger partial charge in [-0.15, -0.1) is 0 Å². The summed E-state index contributed by atoms with van der Waals surface area (Å²) in [5.74, 6) is 2.33. The zero-order chi connectivity index (χ0) is 20.8. The molecule has 0 unspecified atom stereocenters. The number of methoxy groups -OCH3 is 2. The SMILES string of the molecule is COc1cc2c(cc1OC)CN(CCC(=O)Nc1ccc(OC(C)C)cc1)CC2. The summed E-state index contributed by atoms with van der Waals surface area (Å²) in [6.45, 7) is 6.43. The minimum Gasteiger partial charge on any atom is -0.493 e. The summed E-state index contributed by atoms with van der Waals surface area (Å²) in [5, 5.41) is 2.96. The Morgan fingerprint density at radius 2 is 1.72 bits per heavy atom. The van der Waals surface area contributed by atoms with Gasteiger partial charge in [0.1, 0.15) is 5.75 Å². The third-order valence-electron chi connectivity index (χ3n) is 4.96. The van der Waals surface area contributed by atoms with E-state index >= 15 is 0 Å². The maximum atomic E-state index is 12.3. The molecule has 2 aromatic carbocycles. The first kappa shape index (κ1) is 21.0. The van der Waals surface area contributed by atoms with E-state index in [0.717, 1.165) is 42.4 Å². The quantitative estimate of drug-likeness (QED) is 0.731. The molecule has 0 atom stereocenters. The predicted molar refractivity (Wildman–Crippen MR) is 114 cm³/mol. The highest BCUT2D eigenvalue weighted by Crippen LogP contribution is 2.33. The van der Waals surface area contributed by atoms with Crippen LogP contribution in [0, 0.1) is 0 Å². The van der Waals surface area contributed by atoms with E-state index in [1.165, 1.54) is 11.1 Å². The van der Waals surface area contributed by atoms with E-state index in [-0.39, 0.29) is 12.0 Å². The van der Waals surface area contributed by atoms with Gasteiger partial charge >= 0.3 is 0 Å². The number of carbonyl (C=O) groups is 1. The van der Waals surface area contributed by atoms with Crippen LogP contribution in [0.2, 0.25) is 0 Å². The molecular weight excluding hydrogens is 368 g/mol. The van der Waals surface area contributed by atoms with E-state index < -0.39 is 0 Å². The van der Waals surface area contributed by atoms with E-state index in [2.05, 4.69) is 16.3 Å². The number of benzene rings is 2. The molecule has 0 aromatic heterocycles. The summed E-state index contributed by atoms with van der Waals surface area (Å²) in [6.07, 6.45) is 1.52. The molecule has 1 aliphatic rings. The van der Waals surface area contributed by atoms with Crippen molar-refractivity contribution in [3.63, 3.8) is 0 Å². The summed E-state index contributed by atoms with van der Waals surface area (Å²) in [5.41, 5.74) is 3.30. The first-order chi connectivity index (χ1) is 14.0. The molecule has 0 saturated carbocycles. The molecule has 1 heterocycles. The van der Waals surface area contributed by atoms with Gasteiger partial charge in [-0.2, -0.15) is 0 Å². The van der Waals surface area contributed by atoms with Gasteiger partial charge in [0, 0.05) is 31.7 Å². The van der Waals surface area contributed by atoms with Crippen LogP contribution in [0.15, 0.2) is 36.4 Å². The van der Waals surface area contributed by atoms with Crippen molar-refractivity contribution in [2.75, 3.05) is 32.6 Å². The van der Waals surface area contributed by atoms with Gasteiger partial charge in [-0.3, -0.25) is 9.69 Å². The predicted octanol–water partition coefficient (Wildman–Crippen LogP) is 3.88. The Hall–Kier alpha value is -2.73. The molecule has 0 aliphatic carbocycles. The highest BCUT2D eigenvalue weighted by Gasteiger charge is 2.20. The van der Waals surface area contributed by atoms with Crippen LogP contribution in [0.5, 0.6) is 17.2 Å². The maximum Gasteiger partial charge on any atom is 0.225 e. The molecule has 6 heteroatoms. The van der Waals surface area contributed by atoms with Crippen LogP contribution in [0.4, 0.5) is 5.69 Å². The molecule has 156 valence electrons. The van der Waals surface area contributed by atoms with Crippen LogP contribution in [0.3, 0.4) is 0 Å². The van der Waals surface area contributed by atoms with Crippen molar-refractivity contribution in [2.45, 2.75) is 39.3 Å². The number of hydrogen-bond acceptors (Lipinski definition) is 5. The van der Waals surface area contributed by atoms with Gasteiger partial charge in [0.15, 0.2) is 11.5 Å². The van der Waals surface area contributed by atoms with Crippen LogP contribution in [0.1, 0.15) is 31.4 Å². The van der Waals surface area contributed by atoms with Crippen molar-refractivity contribution >= 4 is 11.6 Å². The van der Waals surface area contributed by atoms with Crippen molar-refractivity contribution in [3.05, 3.63) is 47.5 Å². The molecule has 0 radical (unpaired) electrons. The van der Waals surface area contributed by atoms with Crippen LogP contribution >= 0.6 is 0 Å². The second-order valence-electron chi connectivity index (χ2n) is 7.49. The van der Waals surface area contributed by atoms with E-state index in [4.69, 9.17) is 14.2 Å². The molecule has 0 spiro atoms. The average Bonchev–Trinajstić information content (AvgIpc) is 2.72. The lowest BCUT2D eigenvalue weighted by Gasteiger charge is -2.29. The molecule has 2 aromatic rings. The average molecular weight is 399 g/mol. The third-order valence-corrected chi connectivity index (χ3v) is 4.96. The molecule has 6 nitrogen and oxygen atoms in total. The van der Waals surface area contributed by atoms with Crippen molar-refractivity contribution < 1.29 is 19.0 Å². The first-order valence-corrected chi connectivity index (χ1v) is 10.0. The number of carbonyl (C=O) groups excluding carboxylic acids is 1. The molecular formula is C23H30N2O4.